The van der Waals surface area contributed by atoms with E-state index in [1.807, 2.05) is 27.7 Å². The average Bonchev–Trinajstić information content (AvgIpc) is 2.55. The van der Waals surface area contributed by atoms with Crippen LogP contribution < -0.4 is 5.73 Å². The maximum Gasteiger partial charge on any atom is 0.480 e. The third-order valence-electron chi connectivity index (χ3n) is 4.25. The van der Waals surface area contributed by atoms with Crippen molar-refractivity contribution in [3.8, 4) is 0 Å². The van der Waals surface area contributed by atoms with Gasteiger partial charge in [0, 0.05) is 0 Å². The molecule has 1 aliphatic rings. The molecule has 0 amide bonds. The van der Waals surface area contributed by atoms with E-state index in [-0.39, 0.29) is 0 Å². The number of hydrogen-bond donors (Lipinski definition) is 1. The first-order chi connectivity index (χ1) is 9.85. The van der Waals surface area contributed by atoms with Crippen molar-refractivity contribution in [1.82, 2.24) is 0 Å². The summed E-state index contributed by atoms with van der Waals surface area (Å²) in [6, 6.07) is 3.42. The summed E-state index contributed by atoms with van der Waals surface area (Å²) in [7, 11) is -0.752. The summed E-state index contributed by atoms with van der Waals surface area (Å²) in [6.07, 6.45) is -4.50. The Bertz CT molecular complexity index is 562. The maximum absolute atomic E-state index is 12.7. The van der Waals surface area contributed by atoms with Gasteiger partial charge < -0.3 is 15.0 Å². The molecule has 1 aromatic carbocycles. The largest absolute Gasteiger partial charge is 0.480 e. The second-order valence-corrected chi connectivity index (χ2v) is 6.79. The van der Waals surface area contributed by atoms with Crippen LogP contribution in [0.3, 0.4) is 0 Å². The highest BCUT2D eigenvalue weighted by molar-refractivity contribution is 6.47. The molecule has 8 heteroatoms. The van der Waals surface area contributed by atoms with Crippen LogP contribution in [-0.4, -0.2) is 18.3 Å². The Morgan fingerprint density at radius 3 is 2.05 bits per heavy atom. The van der Waals surface area contributed by atoms with Crippen LogP contribution in [0.4, 0.5) is 13.2 Å². The van der Waals surface area contributed by atoms with E-state index in [1.165, 1.54) is 12.1 Å². The molecule has 2 N–H and O–H groups in total. The van der Waals surface area contributed by atoms with Crippen molar-refractivity contribution in [3.63, 3.8) is 0 Å². The minimum absolute atomic E-state index is 0.392. The predicted octanol–water partition coefficient (Wildman–Crippen LogP) is 3.99. The molecule has 3 nitrogen and oxygen atoms in total. The van der Waals surface area contributed by atoms with E-state index >= 15 is 0 Å². The highest BCUT2D eigenvalue weighted by Gasteiger charge is 2.53. The van der Waals surface area contributed by atoms with Crippen LogP contribution in [0.25, 0.3) is 0 Å². The van der Waals surface area contributed by atoms with E-state index < -0.39 is 41.0 Å². The number of halogens is 4. The maximum atomic E-state index is 12.7. The second kappa shape index (κ2) is 5.41. The molecule has 0 saturated carbocycles. The van der Waals surface area contributed by atoms with Crippen LogP contribution in [0.2, 0.25) is 5.02 Å². The zero-order valence-electron chi connectivity index (χ0n) is 12.8. The van der Waals surface area contributed by atoms with Crippen molar-refractivity contribution in [2.24, 2.45) is 5.73 Å². The summed E-state index contributed by atoms with van der Waals surface area (Å²) in [6.45, 7) is 7.50. The smallest absolute Gasteiger partial charge is 0.402 e. The molecule has 122 valence electrons. The molecule has 1 aromatic rings. The van der Waals surface area contributed by atoms with Crippen LogP contribution >= 0.6 is 11.6 Å². The fourth-order valence-electron chi connectivity index (χ4n) is 2.16. The lowest BCUT2D eigenvalue weighted by Gasteiger charge is -2.32. The first-order valence-corrected chi connectivity index (χ1v) is 7.21. The highest BCUT2D eigenvalue weighted by atomic mass is 35.5. The Balaban J connectivity index is 2.25. The minimum Gasteiger partial charge on any atom is -0.402 e. The van der Waals surface area contributed by atoms with Crippen molar-refractivity contribution < 1.29 is 22.5 Å². The molecular formula is C14H18BClF3NO2. The normalized spacial score (nSPS) is 22.0. The quantitative estimate of drug-likeness (QED) is 0.831. The van der Waals surface area contributed by atoms with Crippen LogP contribution in [0, 0.1) is 0 Å². The Kier molecular flexibility index (Phi) is 4.32. The minimum atomic E-state index is -4.50. The fourth-order valence-corrected chi connectivity index (χ4v) is 2.46. The lowest BCUT2D eigenvalue weighted by atomic mass is 9.75. The third kappa shape index (κ3) is 3.13. The number of rotatable bonds is 2. The van der Waals surface area contributed by atoms with Gasteiger partial charge in [-0.25, -0.2) is 0 Å². The standard InChI is InChI=1S/C14H18BClF3NO2/c1-12(2)13(3,4)22-15(21-12)11(20)8-5-6-9(10(16)7-8)14(17,18)19/h5-7,11H,20H2,1-4H3/t11-/m1/s1. The number of benzene rings is 1. The molecular weight excluding hydrogens is 317 g/mol. The molecule has 2 rings (SSSR count). The SMILES string of the molecule is CC1(C)OB([C@H](N)c2ccc(C(F)(F)F)c(Cl)c2)OC1(C)C. The Morgan fingerprint density at radius 2 is 1.64 bits per heavy atom. The monoisotopic (exact) mass is 335 g/mol. The molecule has 0 aromatic heterocycles. The van der Waals surface area contributed by atoms with E-state index in [9.17, 15) is 13.2 Å². The summed E-state index contributed by atoms with van der Waals surface area (Å²) in [5, 5.41) is -0.392. The van der Waals surface area contributed by atoms with Gasteiger partial charge in [0.2, 0.25) is 0 Å². The first kappa shape index (κ1) is 17.6. The van der Waals surface area contributed by atoms with E-state index in [4.69, 9.17) is 26.6 Å². The number of alkyl halides is 3. The fraction of sp³-hybridized carbons (Fsp3) is 0.571. The zero-order valence-corrected chi connectivity index (χ0v) is 13.5. The Labute approximate surface area is 133 Å². The van der Waals surface area contributed by atoms with Gasteiger partial charge in [-0.2, -0.15) is 13.2 Å². The van der Waals surface area contributed by atoms with Crippen molar-refractivity contribution in [2.75, 3.05) is 0 Å². The van der Waals surface area contributed by atoms with E-state index in [2.05, 4.69) is 0 Å². The summed E-state index contributed by atoms with van der Waals surface area (Å²) >= 11 is 5.72. The third-order valence-corrected chi connectivity index (χ3v) is 4.56. The summed E-state index contributed by atoms with van der Waals surface area (Å²) in [5.74, 6) is -0.735. The van der Waals surface area contributed by atoms with Gasteiger partial charge in [-0.05, 0) is 45.4 Å². The number of hydrogen-bond acceptors (Lipinski definition) is 3. The van der Waals surface area contributed by atoms with Gasteiger partial charge in [0.05, 0.1) is 27.7 Å². The first-order valence-electron chi connectivity index (χ1n) is 6.83. The lowest BCUT2D eigenvalue weighted by Crippen LogP contribution is -2.41. The molecule has 0 spiro atoms. The van der Waals surface area contributed by atoms with Gasteiger partial charge in [-0.1, -0.05) is 17.7 Å². The number of nitrogens with two attached hydrogens (primary N) is 1. The molecule has 1 aliphatic heterocycles. The molecule has 1 fully saturated rings. The molecule has 1 atom stereocenters. The van der Waals surface area contributed by atoms with E-state index in [1.54, 1.807) is 0 Å². The molecule has 22 heavy (non-hydrogen) atoms. The summed E-state index contributed by atoms with van der Waals surface area (Å²) in [4.78, 5) is 0. The Morgan fingerprint density at radius 1 is 1.14 bits per heavy atom. The van der Waals surface area contributed by atoms with Crippen molar-refractivity contribution in [2.45, 2.75) is 51.0 Å². The zero-order chi connectivity index (χ0) is 16.9. The molecule has 0 radical (unpaired) electrons. The van der Waals surface area contributed by atoms with E-state index in [0.717, 1.165) is 6.07 Å². The topological polar surface area (TPSA) is 44.5 Å². The highest BCUT2D eigenvalue weighted by Crippen LogP contribution is 2.41. The van der Waals surface area contributed by atoms with Crippen LogP contribution in [0.5, 0.6) is 0 Å². The van der Waals surface area contributed by atoms with E-state index in [0.29, 0.717) is 5.56 Å². The van der Waals surface area contributed by atoms with Crippen molar-refractivity contribution in [1.29, 1.82) is 0 Å². The van der Waals surface area contributed by atoms with Gasteiger partial charge in [0.15, 0.2) is 0 Å². The van der Waals surface area contributed by atoms with Crippen LogP contribution in [-0.2, 0) is 15.5 Å². The lowest BCUT2D eigenvalue weighted by molar-refractivity contribution is -0.137. The Hall–Kier alpha value is -0.755. The average molecular weight is 336 g/mol. The molecule has 0 aliphatic carbocycles. The van der Waals surface area contributed by atoms with Gasteiger partial charge in [0.1, 0.15) is 0 Å². The van der Waals surface area contributed by atoms with Gasteiger partial charge in [-0.15, -0.1) is 0 Å². The van der Waals surface area contributed by atoms with Crippen LogP contribution in [0.15, 0.2) is 18.2 Å². The predicted molar refractivity (Wildman–Crippen MR) is 79.5 cm³/mol. The summed E-state index contributed by atoms with van der Waals surface area (Å²) < 4.78 is 49.8. The summed E-state index contributed by atoms with van der Waals surface area (Å²) in [5.41, 5.74) is 4.49. The van der Waals surface area contributed by atoms with Crippen LogP contribution in [0.1, 0.15) is 44.8 Å². The van der Waals surface area contributed by atoms with Gasteiger partial charge >= 0.3 is 13.3 Å². The molecule has 0 unspecified atom stereocenters. The van der Waals surface area contributed by atoms with Gasteiger partial charge in [-0.3, -0.25) is 0 Å². The van der Waals surface area contributed by atoms with Crippen molar-refractivity contribution in [3.05, 3.63) is 34.3 Å². The molecule has 1 saturated heterocycles. The second-order valence-electron chi connectivity index (χ2n) is 6.39. The molecule has 0 bridgehead atoms. The molecule has 1 heterocycles. The van der Waals surface area contributed by atoms with Crippen molar-refractivity contribution >= 4 is 18.7 Å². The van der Waals surface area contributed by atoms with Gasteiger partial charge in [0.25, 0.3) is 0 Å².